The van der Waals surface area contributed by atoms with E-state index in [1.54, 1.807) is 48.4 Å². The van der Waals surface area contributed by atoms with Gasteiger partial charge < -0.3 is 10.2 Å². The Morgan fingerprint density at radius 2 is 1.90 bits per heavy atom. The number of alkyl halides is 3. The number of halogens is 3. The third kappa shape index (κ3) is 5.56. The van der Waals surface area contributed by atoms with Gasteiger partial charge in [-0.3, -0.25) is 19.2 Å². The minimum absolute atomic E-state index is 0.0499. The highest BCUT2D eigenvalue weighted by atomic mass is 19.4. The number of allylic oxidation sites excluding steroid dienone is 1. The van der Waals surface area contributed by atoms with Crippen molar-refractivity contribution in [2.45, 2.75) is 38.0 Å². The highest BCUT2D eigenvalue weighted by Gasteiger charge is 2.45. The zero-order valence-electron chi connectivity index (χ0n) is 22.0. The number of aromatic nitrogens is 2. The summed E-state index contributed by atoms with van der Waals surface area (Å²) in [6.45, 7) is -0.330. The molecule has 0 saturated carbocycles. The maximum atomic E-state index is 14.1. The Hall–Kier alpha value is -4.92. The van der Waals surface area contributed by atoms with Crippen LogP contribution in [0.4, 0.5) is 23.7 Å². The Bertz CT molecular complexity index is 1590. The number of carbonyl (C=O) groups excluding carboxylic acids is 3. The molecule has 9 nitrogen and oxygen atoms in total. The van der Waals surface area contributed by atoms with Crippen molar-refractivity contribution in [3.8, 4) is 6.07 Å². The highest BCUT2D eigenvalue weighted by Crippen LogP contribution is 2.44. The quantitative estimate of drug-likeness (QED) is 0.472. The predicted octanol–water partition coefficient (Wildman–Crippen LogP) is 4.62. The number of urea groups is 1. The van der Waals surface area contributed by atoms with Crippen molar-refractivity contribution in [1.82, 2.24) is 20.0 Å². The fourth-order valence-electron chi connectivity index (χ4n) is 5.21. The lowest BCUT2D eigenvalue weighted by atomic mass is 9.83. The lowest BCUT2D eigenvalue weighted by Crippen LogP contribution is -2.54. The molecule has 210 valence electrons. The summed E-state index contributed by atoms with van der Waals surface area (Å²) in [7, 11) is 1.73. The molecule has 1 unspecified atom stereocenters. The van der Waals surface area contributed by atoms with Gasteiger partial charge in [0.05, 0.1) is 35.1 Å². The number of benzene rings is 2. The van der Waals surface area contributed by atoms with Crippen LogP contribution in [0.25, 0.3) is 0 Å². The van der Waals surface area contributed by atoms with Crippen molar-refractivity contribution in [2.24, 2.45) is 7.05 Å². The van der Waals surface area contributed by atoms with Gasteiger partial charge >= 0.3 is 12.2 Å². The van der Waals surface area contributed by atoms with E-state index < -0.39 is 36.3 Å². The number of nitriles is 1. The Labute approximate surface area is 233 Å². The summed E-state index contributed by atoms with van der Waals surface area (Å²) in [5.74, 6) is -0.789. The van der Waals surface area contributed by atoms with Gasteiger partial charge in [-0.1, -0.05) is 18.2 Å². The smallest absolute Gasteiger partial charge is 0.350 e. The largest absolute Gasteiger partial charge is 0.416 e. The number of carbonyl (C=O) groups is 3. The van der Waals surface area contributed by atoms with E-state index in [1.807, 2.05) is 6.07 Å². The molecule has 2 heterocycles. The molecule has 0 fully saturated rings. The van der Waals surface area contributed by atoms with Crippen molar-refractivity contribution < 1.29 is 27.6 Å². The molecule has 1 atom stereocenters. The van der Waals surface area contributed by atoms with E-state index in [-0.39, 0.29) is 36.4 Å². The monoisotopic (exact) mass is 562 g/mol. The number of nitrogens with one attached hydrogen (secondary N) is 1. The molecule has 1 aliphatic carbocycles. The number of anilines is 1. The first kappa shape index (κ1) is 27.6. The van der Waals surface area contributed by atoms with E-state index in [0.717, 1.165) is 22.6 Å². The molecular weight excluding hydrogens is 537 g/mol. The third-order valence-corrected chi connectivity index (χ3v) is 7.07. The average molecular weight is 563 g/mol. The standard InChI is InChI=1S/C29H25F3N6O3/c1-36-16-19(15-35-36)14-34-25(40)17-37-27(20-10-8-18(13-33)9-11-20)26-23(6-3-7-24(26)39)38(28(37)41)22-5-2-4-21(12-22)29(30,31)32/h2,4-5,8-12,15-16,27H,3,6-7,14,17H2,1H3,(H,34,40). The Morgan fingerprint density at radius 1 is 1.15 bits per heavy atom. The predicted molar refractivity (Wildman–Crippen MR) is 141 cm³/mol. The third-order valence-electron chi connectivity index (χ3n) is 7.07. The first-order chi connectivity index (χ1) is 19.6. The maximum Gasteiger partial charge on any atom is 0.416 e. The lowest BCUT2D eigenvalue weighted by molar-refractivity contribution is -0.137. The molecule has 5 rings (SSSR count). The first-order valence-electron chi connectivity index (χ1n) is 12.9. The van der Waals surface area contributed by atoms with Crippen LogP contribution in [0.15, 0.2) is 72.2 Å². The zero-order valence-corrected chi connectivity index (χ0v) is 22.0. The van der Waals surface area contributed by atoms with E-state index >= 15 is 0 Å². The van der Waals surface area contributed by atoms with Crippen LogP contribution >= 0.6 is 0 Å². The van der Waals surface area contributed by atoms with Crippen LogP contribution in [0, 0.1) is 11.3 Å². The molecule has 3 aromatic rings. The molecule has 0 spiro atoms. The van der Waals surface area contributed by atoms with E-state index in [9.17, 15) is 32.8 Å². The summed E-state index contributed by atoms with van der Waals surface area (Å²) in [6, 6.07) is 11.0. The van der Waals surface area contributed by atoms with Crippen molar-refractivity contribution in [2.75, 3.05) is 11.4 Å². The fraction of sp³-hybridized carbons (Fsp3) is 0.276. The normalized spacial score (nSPS) is 17.4. The highest BCUT2D eigenvalue weighted by molar-refractivity contribution is 6.07. The van der Waals surface area contributed by atoms with Gasteiger partial charge in [0.25, 0.3) is 0 Å². The molecule has 0 radical (unpaired) electrons. The second kappa shape index (κ2) is 10.9. The molecule has 1 aliphatic heterocycles. The number of Topliss-reactive ketones (excluding diaryl/α,β-unsaturated/α-hetero) is 1. The molecular formula is C29H25F3N6O3. The molecule has 1 aromatic heterocycles. The van der Waals surface area contributed by atoms with Gasteiger partial charge in [0.2, 0.25) is 5.91 Å². The van der Waals surface area contributed by atoms with Gasteiger partial charge in [-0.2, -0.15) is 23.5 Å². The van der Waals surface area contributed by atoms with Gasteiger partial charge in [0, 0.05) is 43.0 Å². The minimum atomic E-state index is -4.65. The Balaban J connectivity index is 1.59. The Kier molecular flexibility index (Phi) is 7.36. The van der Waals surface area contributed by atoms with Crippen molar-refractivity contribution in [3.63, 3.8) is 0 Å². The number of hydrogen-bond acceptors (Lipinski definition) is 5. The summed E-state index contributed by atoms with van der Waals surface area (Å²) in [5, 5.41) is 16.0. The average Bonchev–Trinajstić information content (AvgIpc) is 3.37. The van der Waals surface area contributed by atoms with E-state index in [0.29, 0.717) is 23.2 Å². The summed E-state index contributed by atoms with van der Waals surface area (Å²) in [5.41, 5.74) is 1.17. The van der Waals surface area contributed by atoms with Crippen LogP contribution in [0.2, 0.25) is 0 Å². The Morgan fingerprint density at radius 3 is 2.56 bits per heavy atom. The number of hydrogen-bond donors (Lipinski definition) is 1. The molecule has 41 heavy (non-hydrogen) atoms. The summed E-state index contributed by atoms with van der Waals surface area (Å²) in [4.78, 5) is 43.0. The molecule has 0 saturated heterocycles. The summed E-state index contributed by atoms with van der Waals surface area (Å²) >= 11 is 0. The fourth-order valence-corrected chi connectivity index (χ4v) is 5.21. The molecule has 12 heteroatoms. The minimum Gasteiger partial charge on any atom is -0.350 e. The topological polar surface area (TPSA) is 111 Å². The number of rotatable bonds is 6. The van der Waals surface area contributed by atoms with Gasteiger partial charge in [0.15, 0.2) is 5.78 Å². The first-order valence-corrected chi connectivity index (χ1v) is 12.9. The molecule has 1 N–H and O–H groups in total. The maximum absolute atomic E-state index is 14.1. The van der Waals surface area contributed by atoms with Crippen molar-refractivity contribution >= 4 is 23.4 Å². The number of ketones is 1. The van der Waals surface area contributed by atoms with Gasteiger partial charge in [-0.25, -0.2) is 4.79 Å². The van der Waals surface area contributed by atoms with Crippen molar-refractivity contribution in [1.29, 1.82) is 5.26 Å². The zero-order chi connectivity index (χ0) is 29.3. The van der Waals surface area contributed by atoms with Crippen LogP contribution in [0.1, 0.15) is 47.6 Å². The van der Waals surface area contributed by atoms with E-state index in [4.69, 9.17) is 0 Å². The second-order valence-electron chi connectivity index (χ2n) is 9.87. The van der Waals surface area contributed by atoms with Crippen LogP contribution in [-0.4, -0.2) is 38.9 Å². The number of nitrogens with zero attached hydrogens (tertiary/aromatic N) is 5. The van der Waals surface area contributed by atoms with Gasteiger partial charge in [0.1, 0.15) is 6.54 Å². The van der Waals surface area contributed by atoms with Gasteiger partial charge in [-0.05, 0) is 48.7 Å². The number of aryl methyl sites for hydroxylation is 1. The molecule has 2 aromatic carbocycles. The van der Waals surface area contributed by atoms with Crippen LogP contribution in [-0.2, 0) is 29.4 Å². The van der Waals surface area contributed by atoms with Gasteiger partial charge in [-0.15, -0.1) is 0 Å². The molecule has 3 amide bonds. The van der Waals surface area contributed by atoms with Crippen LogP contribution in [0.5, 0.6) is 0 Å². The second-order valence-corrected chi connectivity index (χ2v) is 9.87. The summed E-state index contributed by atoms with van der Waals surface area (Å²) in [6.07, 6.45) is -0.441. The molecule has 0 bridgehead atoms. The van der Waals surface area contributed by atoms with Crippen LogP contribution < -0.4 is 10.2 Å². The number of amides is 3. The van der Waals surface area contributed by atoms with Crippen molar-refractivity contribution in [3.05, 3.63) is 94.4 Å². The summed E-state index contributed by atoms with van der Waals surface area (Å²) < 4.78 is 42.3. The van der Waals surface area contributed by atoms with E-state index in [1.165, 1.54) is 17.0 Å². The SMILES string of the molecule is Cn1cc(CNC(=O)CN2C(=O)N(c3cccc(C(F)(F)F)c3)C3=C(C(=O)CCC3)C2c2ccc(C#N)cc2)cn1. The van der Waals surface area contributed by atoms with E-state index in [2.05, 4.69) is 10.4 Å². The van der Waals surface area contributed by atoms with Crippen LogP contribution in [0.3, 0.4) is 0 Å². The molecule has 2 aliphatic rings. The lowest BCUT2D eigenvalue weighted by Gasteiger charge is -2.45.